The predicted octanol–water partition coefficient (Wildman–Crippen LogP) is 0.719. The van der Waals surface area contributed by atoms with Gasteiger partial charge in [0.1, 0.15) is 0 Å². The minimum absolute atomic E-state index is 0.220. The molecule has 0 aliphatic rings. The van der Waals surface area contributed by atoms with E-state index in [-0.39, 0.29) is 5.91 Å². The Kier molecular flexibility index (Phi) is 7.13. The number of hydrogen-bond acceptors (Lipinski definition) is 2. The molecule has 4 heteroatoms. The summed E-state index contributed by atoms with van der Waals surface area (Å²) >= 11 is 0. The van der Waals surface area contributed by atoms with Crippen molar-refractivity contribution in [2.24, 2.45) is 0 Å². The van der Waals surface area contributed by atoms with Crippen LogP contribution in [0.5, 0.6) is 0 Å². The van der Waals surface area contributed by atoms with Gasteiger partial charge in [-0.2, -0.15) is 0 Å². The maximum Gasteiger partial charge on any atom is 0.252 e. The summed E-state index contributed by atoms with van der Waals surface area (Å²) in [5.74, 6) is -0.220. The Labute approximate surface area is 84.1 Å². The zero-order valence-corrected chi connectivity index (χ0v) is 8.38. The number of unbranched alkanes of at least 4 members (excludes halogenated alkanes) is 1. The SMILES string of the molecule is C=C/C(=C\NC=O)C(=O)NCCCC. The van der Waals surface area contributed by atoms with E-state index in [1.807, 2.05) is 6.92 Å². The molecule has 2 amide bonds. The topological polar surface area (TPSA) is 58.2 Å². The van der Waals surface area contributed by atoms with Gasteiger partial charge in [0.15, 0.2) is 0 Å². The first-order valence-corrected chi connectivity index (χ1v) is 4.56. The molecule has 0 spiro atoms. The van der Waals surface area contributed by atoms with Gasteiger partial charge in [-0.05, 0) is 6.42 Å². The third-order valence-corrected chi connectivity index (χ3v) is 1.60. The van der Waals surface area contributed by atoms with Gasteiger partial charge >= 0.3 is 0 Å². The second-order valence-corrected chi connectivity index (χ2v) is 2.70. The van der Waals surface area contributed by atoms with E-state index in [0.717, 1.165) is 12.8 Å². The molecule has 0 aliphatic carbocycles. The van der Waals surface area contributed by atoms with Crippen LogP contribution in [0.25, 0.3) is 0 Å². The van der Waals surface area contributed by atoms with E-state index in [1.165, 1.54) is 12.3 Å². The van der Waals surface area contributed by atoms with Crippen molar-refractivity contribution in [3.8, 4) is 0 Å². The van der Waals surface area contributed by atoms with Crippen LogP contribution in [0.4, 0.5) is 0 Å². The van der Waals surface area contributed by atoms with E-state index in [4.69, 9.17) is 0 Å². The fourth-order valence-electron chi connectivity index (χ4n) is 0.822. The van der Waals surface area contributed by atoms with E-state index >= 15 is 0 Å². The van der Waals surface area contributed by atoms with Crippen molar-refractivity contribution in [1.29, 1.82) is 0 Å². The Morgan fingerprint density at radius 2 is 2.21 bits per heavy atom. The standard InChI is InChI=1S/C10H16N2O2/c1-3-5-6-12-10(14)9(4-2)7-11-8-13/h4,7-8H,2-3,5-6H2,1H3,(H,11,13)(H,12,14)/b9-7+. The molecule has 0 aromatic rings. The van der Waals surface area contributed by atoms with Gasteiger partial charge in [-0.15, -0.1) is 0 Å². The van der Waals surface area contributed by atoms with Gasteiger partial charge in [-0.3, -0.25) is 9.59 Å². The maximum atomic E-state index is 11.3. The summed E-state index contributed by atoms with van der Waals surface area (Å²) < 4.78 is 0. The first-order chi connectivity index (χ1) is 6.76. The lowest BCUT2D eigenvalue weighted by Crippen LogP contribution is -2.26. The van der Waals surface area contributed by atoms with Crippen LogP contribution in [0.15, 0.2) is 24.4 Å². The Morgan fingerprint density at radius 1 is 1.50 bits per heavy atom. The van der Waals surface area contributed by atoms with Gasteiger partial charge < -0.3 is 10.6 Å². The average Bonchev–Trinajstić information content (AvgIpc) is 2.19. The van der Waals surface area contributed by atoms with Gasteiger partial charge in [0.2, 0.25) is 6.41 Å². The summed E-state index contributed by atoms with van der Waals surface area (Å²) in [5, 5.41) is 5.00. The molecule has 0 fully saturated rings. The van der Waals surface area contributed by atoms with Crippen LogP contribution < -0.4 is 10.6 Å². The first kappa shape index (κ1) is 12.4. The van der Waals surface area contributed by atoms with Crippen molar-refractivity contribution in [3.05, 3.63) is 24.4 Å². The van der Waals surface area contributed by atoms with Crippen LogP contribution in [0.3, 0.4) is 0 Å². The van der Waals surface area contributed by atoms with Crippen LogP contribution in [0.1, 0.15) is 19.8 Å². The highest BCUT2D eigenvalue weighted by molar-refractivity contribution is 5.96. The molecule has 0 aromatic heterocycles. The molecule has 78 valence electrons. The Bertz CT molecular complexity index is 234. The van der Waals surface area contributed by atoms with Crippen LogP contribution in [0, 0.1) is 0 Å². The van der Waals surface area contributed by atoms with Gasteiger partial charge in [0.05, 0.1) is 5.57 Å². The minimum atomic E-state index is -0.220. The third kappa shape index (κ3) is 5.13. The molecule has 0 saturated heterocycles. The first-order valence-electron chi connectivity index (χ1n) is 4.56. The lowest BCUT2D eigenvalue weighted by molar-refractivity contribution is -0.117. The summed E-state index contributed by atoms with van der Waals surface area (Å²) in [7, 11) is 0. The highest BCUT2D eigenvalue weighted by Gasteiger charge is 2.03. The second-order valence-electron chi connectivity index (χ2n) is 2.70. The molecule has 2 N–H and O–H groups in total. The number of carbonyl (C=O) groups excluding carboxylic acids is 2. The van der Waals surface area contributed by atoms with E-state index in [0.29, 0.717) is 18.5 Å². The van der Waals surface area contributed by atoms with Crippen LogP contribution in [-0.4, -0.2) is 18.9 Å². The van der Waals surface area contributed by atoms with Crippen molar-refractivity contribution in [2.45, 2.75) is 19.8 Å². The molecule has 0 saturated carbocycles. The average molecular weight is 196 g/mol. The maximum absolute atomic E-state index is 11.3. The van der Waals surface area contributed by atoms with Crippen molar-refractivity contribution < 1.29 is 9.59 Å². The largest absolute Gasteiger partial charge is 0.352 e. The number of nitrogens with one attached hydrogen (secondary N) is 2. The van der Waals surface area contributed by atoms with Crippen LogP contribution >= 0.6 is 0 Å². The molecule has 0 atom stereocenters. The van der Waals surface area contributed by atoms with E-state index < -0.39 is 0 Å². The lowest BCUT2D eigenvalue weighted by atomic mass is 10.2. The Hall–Kier alpha value is -1.58. The number of hydrogen-bond donors (Lipinski definition) is 2. The van der Waals surface area contributed by atoms with Crippen molar-refractivity contribution in [2.75, 3.05) is 6.54 Å². The van der Waals surface area contributed by atoms with Crippen LogP contribution in [0.2, 0.25) is 0 Å². The molecule has 0 heterocycles. The smallest absolute Gasteiger partial charge is 0.252 e. The summed E-state index contributed by atoms with van der Waals surface area (Å²) in [6.07, 6.45) is 5.19. The molecule has 14 heavy (non-hydrogen) atoms. The molecule has 4 nitrogen and oxygen atoms in total. The quantitative estimate of drug-likeness (QED) is 0.273. The molecule has 0 bridgehead atoms. The van der Waals surface area contributed by atoms with Gasteiger partial charge in [-0.25, -0.2) is 0 Å². The number of carbonyl (C=O) groups is 2. The molecule has 0 radical (unpaired) electrons. The molecule has 0 rings (SSSR count). The third-order valence-electron chi connectivity index (χ3n) is 1.60. The van der Waals surface area contributed by atoms with Crippen molar-refractivity contribution >= 4 is 12.3 Å². The van der Waals surface area contributed by atoms with Gasteiger partial charge in [0.25, 0.3) is 5.91 Å². The lowest BCUT2D eigenvalue weighted by Gasteiger charge is -2.03. The van der Waals surface area contributed by atoms with Crippen molar-refractivity contribution in [3.63, 3.8) is 0 Å². The summed E-state index contributed by atoms with van der Waals surface area (Å²) in [4.78, 5) is 21.3. The van der Waals surface area contributed by atoms with E-state index in [9.17, 15) is 9.59 Å². The van der Waals surface area contributed by atoms with E-state index in [2.05, 4.69) is 17.2 Å². The minimum Gasteiger partial charge on any atom is -0.352 e. The van der Waals surface area contributed by atoms with E-state index in [1.54, 1.807) is 0 Å². The predicted molar refractivity (Wildman–Crippen MR) is 55.4 cm³/mol. The van der Waals surface area contributed by atoms with Crippen LogP contribution in [-0.2, 0) is 9.59 Å². The summed E-state index contributed by atoms with van der Waals surface area (Å²) in [5.41, 5.74) is 0.355. The summed E-state index contributed by atoms with van der Waals surface area (Å²) in [6.45, 7) is 6.16. The van der Waals surface area contributed by atoms with Gasteiger partial charge in [-0.1, -0.05) is 26.0 Å². The molecular weight excluding hydrogens is 180 g/mol. The monoisotopic (exact) mass is 196 g/mol. The normalized spacial score (nSPS) is 10.5. The van der Waals surface area contributed by atoms with Crippen molar-refractivity contribution in [1.82, 2.24) is 10.6 Å². The van der Waals surface area contributed by atoms with Gasteiger partial charge in [0, 0.05) is 12.7 Å². The molecular formula is C10H16N2O2. The molecule has 0 unspecified atom stereocenters. The Morgan fingerprint density at radius 3 is 2.71 bits per heavy atom. The number of amides is 2. The second kappa shape index (κ2) is 8.04. The summed E-state index contributed by atoms with van der Waals surface area (Å²) in [6, 6.07) is 0. The molecule has 0 aromatic carbocycles. The Balaban J connectivity index is 4.04. The molecule has 0 aliphatic heterocycles. The zero-order chi connectivity index (χ0) is 10.8. The fraction of sp³-hybridized carbons (Fsp3) is 0.400. The number of rotatable bonds is 7. The zero-order valence-electron chi connectivity index (χ0n) is 8.38. The highest BCUT2D eigenvalue weighted by Crippen LogP contribution is 1.94. The highest BCUT2D eigenvalue weighted by atomic mass is 16.1. The fourth-order valence-corrected chi connectivity index (χ4v) is 0.822.